The fourth-order valence-electron chi connectivity index (χ4n) is 2.38. The molecular weight excluding hydrogens is 515 g/mol. The van der Waals surface area contributed by atoms with E-state index in [4.69, 9.17) is 20.4 Å². The van der Waals surface area contributed by atoms with Crippen molar-refractivity contribution < 1.29 is 64.2 Å². The van der Waals surface area contributed by atoms with Crippen LogP contribution in [0.4, 0.5) is 0 Å². The summed E-state index contributed by atoms with van der Waals surface area (Å²) in [5.41, 5.74) is 1.10. The number of aliphatic hydroxyl groups is 4. The molecule has 2 atom stereocenters. The number of rotatable bonds is 10. The van der Waals surface area contributed by atoms with Crippen LogP contribution in [0, 0.1) is 0 Å². The number of hydrogen-bond acceptors (Lipinski definition) is 8. The summed E-state index contributed by atoms with van der Waals surface area (Å²) in [4.78, 5) is 22.6. The molecule has 6 N–H and O–H groups in total. The molecule has 0 aromatic carbocycles. The Morgan fingerprint density at radius 2 is 1.00 bits per heavy atom. The van der Waals surface area contributed by atoms with Crippen molar-refractivity contribution in [3.8, 4) is 0 Å². The van der Waals surface area contributed by atoms with Gasteiger partial charge in [-0.05, 0) is 37.1 Å². The van der Waals surface area contributed by atoms with Crippen molar-refractivity contribution in [3.63, 3.8) is 0 Å². The van der Waals surface area contributed by atoms with Gasteiger partial charge in [0.1, 0.15) is 0 Å². The summed E-state index contributed by atoms with van der Waals surface area (Å²) in [6.45, 7) is -0.133. The van der Waals surface area contributed by atoms with Crippen LogP contribution in [0.2, 0.25) is 0 Å². The van der Waals surface area contributed by atoms with Crippen molar-refractivity contribution in [1.29, 1.82) is 0 Å². The molecule has 0 spiro atoms. The summed E-state index contributed by atoms with van der Waals surface area (Å²) < 4.78 is 0. The Bertz CT molecular complexity index is 683. The van der Waals surface area contributed by atoms with Crippen molar-refractivity contribution in [2.24, 2.45) is 0 Å². The van der Waals surface area contributed by atoms with E-state index >= 15 is 0 Å². The van der Waals surface area contributed by atoms with Gasteiger partial charge in [-0.25, -0.2) is 0 Å². The zero-order valence-electron chi connectivity index (χ0n) is 17.4. The average Bonchev–Trinajstić information content (AvgIpc) is 2.76. The molecule has 0 heterocycles. The summed E-state index contributed by atoms with van der Waals surface area (Å²) in [6.07, 6.45) is 17.3. The third kappa shape index (κ3) is 13.0. The summed E-state index contributed by atoms with van der Waals surface area (Å²) in [7, 11) is 0. The first kappa shape index (κ1) is 32.4. The van der Waals surface area contributed by atoms with Crippen LogP contribution in [0.1, 0.15) is 12.8 Å². The standard InChI is InChI=1S/2C11H15NO3.2Cu/c2*13-6-5-10(8-14)12-7-9-3-1-2-4-11(9)15;;/h2*1-4,7,10,12-14H,5-6,8H2;;/b2*9-7-;;/t2*10-;;/m00../s1. The zero-order chi connectivity index (χ0) is 22.2. The van der Waals surface area contributed by atoms with Gasteiger partial charge in [0, 0.05) is 70.9 Å². The van der Waals surface area contributed by atoms with Crippen molar-refractivity contribution in [2.45, 2.75) is 24.9 Å². The maximum atomic E-state index is 11.3. The van der Waals surface area contributed by atoms with Gasteiger partial charge in [0.15, 0.2) is 11.6 Å². The predicted octanol–water partition coefficient (Wildman–Crippen LogP) is -0.208. The largest absolute Gasteiger partial charge is 0.396 e. The molecule has 0 fully saturated rings. The molecule has 8 nitrogen and oxygen atoms in total. The number of ketones is 2. The van der Waals surface area contributed by atoms with Crippen LogP contribution in [-0.4, -0.2) is 70.5 Å². The first-order valence-electron chi connectivity index (χ1n) is 9.69. The molecule has 2 radical (unpaired) electrons. The number of aliphatic hydroxyl groups excluding tert-OH is 4. The second kappa shape index (κ2) is 19.9. The van der Waals surface area contributed by atoms with Crippen LogP contribution in [0.25, 0.3) is 0 Å². The van der Waals surface area contributed by atoms with E-state index in [2.05, 4.69) is 10.6 Å². The second-order valence-electron chi connectivity index (χ2n) is 6.48. The third-order valence-corrected chi connectivity index (χ3v) is 4.18. The Morgan fingerprint density at radius 1 is 0.656 bits per heavy atom. The third-order valence-electron chi connectivity index (χ3n) is 4.18. The van der Waals surface area contributed by atoms with E-state index in [1.165, 1.54) is 12.2 Å². The first-order valence-corrected chi connectivity index (χ1v) is 9.69. The molecule has 0 amide bonds. The molecule has 0 aromatic rings. The first-order chi connectivity index (χ1) is 14.5. The molecule has 0 saturated heterocycles. The fraction of sp³-hybridized carbons (Fsp3) is 0.364. The van der Waals surface area contributed by atoms with Gasteiger partial charge >= 0.3 is 0 Å². The topological polar surface area (TPSA) is 139 Å². The van der Waals surface area contributed by atoms with E-state index in [0.29, 0.717) is 24.0 Å². The fourth-order valence-corrected chi connectivity index (χ4v) is 2.38. The van der Waals surface area contributed by atoms with E-state index in [-0.39, 0.29) is 84.2 Å². The van der Waals surface area contributed by atoms with Gasteiger partial charge in [0.2, 0.25) is 0 Å². The summed E-state index contributed by atoms with van der Waals surface area (Å²) in [5.74, 6) is -0.128. The zero-order valence-corrected chi connectivity index (χ0v) is 19.3. The summed E-state index contributed by atoms with van der Waals surface area (Å²) >= 11 is 0. The number of carbonyl (C=O) groups is 2. The summed E-state index contributed by atoms with van der Waals surface area (Å²) in [6, 6.07) is -0.427. The van der Waals surface area contributed by atoms with Gasteiger partial charge in [-0.2, -0.15) is 0 Å². The summed E-state index contributed by atoms with van der Waals surface area (Å²) in [5, 5.41) is 41.0. The average molecular weight is 546 g/mol. The van der Waals surface area contributed by atoms with Gasteiger partial charge in [-0.15, -0.1) is 0 Å². The van der Waals surface area contributed by atoms with E-state index in [9.17, 15) is 9.59 Å². The predicted molar refractivity (Wildman–Crippen MR) is 114 cm³/mol. The van der Waals surface area contributed by atoms with Crippen LogP contribution in [0.15, 0.2) is 72.2 Å². The van der Waals surface area contributed by atoms with Gasteiger partial charge in [0.25, 0.3) is 0 Å². The van der Waals surface area contributed by atoms with Crippen molar-refractivity contribution >= 4 is 11.6 Å². The molecule has 2 aliphatic rings. The maximum Gasteiger partial charge on any atom is 0.187 e. The molecule has 2 aliphatic carbocycles. The van der Waals surface area contributed by atoms with Crippen molar-refractivity contribution in [2.75, 3.05) is 26.4 Å². The molecule has 0 aliphatic heterocycles. The minimum atomic E-state index is -0.213. The monoisotopic (exact) mass is 544 g/mol. The van der Waals surface area contributed by atoms with Gasteiger partial charge in [-0.1, -0.05) is 24.3 Å². The molecule has 186 valence electrons. The molecule has 0 saturated carbocycles. The normalized spacial score (nSPS) is 18.4. The van der Waals surface area contributed by atoms with Gasteiger partial charge in [0.05, 0.1) is 25.3 Å². The van der Waals surface area contributed by atoms with Crippen molar-refractivity contribution in [3.05, 3.63) is 72.2 Å². The number of nitrogens with one attached hydrogen (secondary N) is 2. The van der Waals surface area contributed by atoms with Crippen molar-refractivity contribution in [1.82, 2.24) is 10.6 Å². The van der Waals surface area contributed by atoms with Crippen LogP contribution >= 0.6 is 0 Å². The van der Waals surface area contributed by atoms with Crippen LogP contribution in [0.3, 0.4) is 0 Å². The Labute approximate surface area is 209 Å². The number of hydrogen-bond donors (Lipinski definition) is 6. The number of carbonyl (C=O) groups excluding carboxylic acids is 2. The van der Waals surface area contributed by atoms with E-state index in [1.807, 2.05) is 0 Å². The molecule has 0 bridgehead atoms. The van der Waals surface area contributed by atoms with Crippen LogP contribution < -0.4 is 10.6 Å². The van der Waals surface area contributed by atoms with E-state index in [1.54, 1.807) is 48.9 Å². The molecule has 32 heavy (non-hydrogen) atoms. The molecular formula is C22H30Cu2N2O6. The van der Waals surface area contributed by atoms with Gasteiger partial charge < -0.3 is 31.1 Å². The van der Waals surface area contributed by atoms with Crippen LogP contribution in [-0.2, 0) is 43.7 Å². The van der Waals surface area contributed by atoms with E-state index in [0.717, 1.165) is 0 Å². The Balaban J connectivity index is 0. The smallest absolute Gasteiger partial charge is 0.187 e. The molecule has 0 aromatic heterocycles. The minimum Gasteiger partial charge on any atom is -0.396 e. The molecule has 10 heteroatoms. The Hall–Kier alpha value is -1.74. The molecule has 0 unspecified atom stereocenters. The van der Waals surface area contributed by atoms with Crippen LogP contribution in [0.5, 0.6) is 0 Å². The Morgan fingerprint density at radius 3 is 1.28 bits per heavy atom. The maximum absolute atomic E-state index is 11.3. The number of allylic oxidation sites excluding steroid dienone is 10. The van der Waals surface area contributed by atoms with Gasteiger partial charge in [-0.3, -0.25) is 9.59 Å². The second-order valence-corrected chi connectivity index (χ2v) is 6.48. The quantitative estimate of drug-likeness (QED) is 0.164. The SMILES string of the molecule is O=C1C=CC=C/C1=C/N[C@H](CO)CCO.O=C1C=CC=C/C1=C/N[C@H](CO)CCO.[Cu].[Cu]. The minimum absolute atomic E-state index is 0. The molecule has 2 rings (SSSR count). The van der Waals surface area contributed by atoms with E-state index < -0.39 is 0 Å². The Kier molecular flexibility index (Phi) is 20.2.